The number of ether oxygens (including phenoxy) is 1. The van der Waals surface area contributed by atoms with Crippen molar-refractivity contribution >= 4 is 11.8 Å². The number of Topliss-reactive ketones (excluding diaryl/α,β-unsaturated/α-hetero) is 1. The molecule has 0 amide bonds. The molecule has 106 valence electrons. The first-order valence-corrected chi connectivity index (χ1v) is 7.17. The molecular weight excluding hydrogens is 228 g/mol. The third-order valence-electron chi connectivity index (χ3n) is 3.51. The summed E-state index contributed by atoms with van der Waals surface area (Å²) in [7, 11) is 0. The second-order valence-electron chi connectivity index (χ2n) is 5.12. The minimum absolute atomic E-state index is 0.0408. The number of hydrogen-bond donors (Lipinski definition) is 0. The molecule has 0 bridgehead atoms. The predicted molar refractivity (Wildman–Crippen MR) is 73.3 cm³/mol. The summed E-state index contributed by atoms with van der Waals surface area (Å²) in [6.45, 7) is 7.73. The molecule has 0 aliphatic carbocycles. The number of rotatable bonds is 10. The van der Waals surface area contributed by atoms with Gasteiger partial charge in [-0.3, -0.25) is 9.59 Å². The monoisotopic (exact) mass is 256 g/mol. The Labute approximate surface area is 111 Å². The zero-order valence-electron chi connectivity index (χ0n) is 12.3. The number of esters is 1. The highest BCUT2D eigenvalue weighted by molar-refractivity contribution is 5.84. The smallest absolute Gasteiger partial charge is 0.309 e. The first-order valence-electron chi connectivity index (χ1n) is 7.17. The topological polar surface area (TPSA) is 43.4 Å². The molecular formula is C15H28O3. The highest BCUT2D eigenvalue weighted by Gasteiger charge is 2.24. The minimum atomic E-state index is -0.331. The van der Waals surface area contributed by atoms with Crippen LogP contribution < -0.4 is 0 Å². The molecule has 3 nitrogen and oxygen atoms in total. The van der Waals surface area contributed by atoms with Crippen LogP contribution in [0.2, 0.25) is 0 Å². The molecule has 18 heavy (non-hydrogen) atoms. The maximum Gasteiger partial charge on any atom is 0.309 e. The maximum atomic E-state index is 11.6. The van der Waals surface area contributed by atoms with Crippen LogP contribution in [0, 0.1) is 11.8 Å². The lowest BCUT2D eigenvalue weighted by atomic mass is 9.93. The molecule has 0 aromatic rings. The summed E-state index contributed by atoms with van der Waals surface area (Å²) in [5.74, 6) is -0.782. The molecule has 0 radical (unpaired) electrons. The third kappa shape index (κ3) is 7.46. The van der Waals surface area contributed by atoms with Crippen molar-refractivity contribution in [2.75, 3.05) is 6.61 Å². The van der Waals surface area contributed by atoms with Gasteiger partial charge in [-0.15, -0.1) is 0 Å². The van der Waals surface area contributed by atoms with Gasteiger partial charge in [0.2, 0.25) is 0 Å². The van der Waals surface area contributed by atoms with E-state index in [2.05, 4.69) is 6.92 Å². The van der Waals surface area contributed by atoms with Crippen LogP contribution in [0.5, 0.6) is 0 Å². The maximum absolute atomic E-state index is 11.6. The molecule has 0 rings (SSSR count). The van der Waals surface area contributed by atoms with Crippen LogP contribution in [-0.4, -0.2) is 18.4 Å². The minimum Gasteiger partial charge on any atom is -0.465 e. The van der Waals surface area contributed by atoms with Crippen LogP contribution in [-0.2, 0) is 14.3 Å². The van der Waals surface area contributed by atoms with Crippen molar-refractivity contribution in [2.24, 2.45) is 11.8 Å². The fourth-order valence-corrected chi connectivity index (χ4v) is 1.74. The van der Waals surface area contributed by atoms with Gasteiger partial charge in [-0.2, -0.15) is 0 Å². The summed E-state index contributed by atoms with van der Waals surface area (Å²) in [6, 6.07) is 0. The summed E-state index contributed by atoms with van der Waals surface area (Å²) in [5.41, 5.74) is 0. The molecule has 0 saturated heterocycles. The van der Waals surface area contributed by atoms with E-state index in [0.29, 0.717) is 6.61 Å². The zero-order chi connectivity index (χ0) is 14.0. The van der Waals surface area contributed by atoms with E-state index in [-0.39, 0.29) is 23.6 Å². The highest BCUT2D eigenvalue weighted by Crippen LogP contribution is 2.14. The summed E-state index contributed by atoms with van der Waals surface area (Å²) >= 11 is 0. The largest absolute Gasteiger partial charge is 0.465 e. The van der Waals surface area contributed by atoms with E-state index < -0.39 is 0 Å². The van der Waals surface area contributed by atoms with Gasteiger partial charge in [0.25, 0.3) is 0 Å². The van der Waals surface area contributed by atoms with E-state index in [0.717, 1.165) is 12.8 Å². The number of carbonyl (C=O) groups excluding carboxylic acids is 2. The van der Waals surface area contributed by atoms with Crippen molar-refractivity contribution in [3.05, 3.63) is 0 Å². The highest BCUT2D eigenvalue weighted by atomic mass is 16.5. The summed E-state index contributed by atoms with van der Waals surface area (Å²) < 4.78 is 5.19. The van der Waals surface area contributed by atoms with Crippen LogP contribution in [0.25, 0.3) is 0 Å². The van der Waals surface area contributed by atoms with Gasteiger partial charge < -0.3 is 4.74 Å². The van der Waals surface area contributed by atoms with Gasteiger partial charge in [-0.25, -0.2) is 0 Å². The van der Waals surface area contributed by atoms with Crippen molar-refractivity contribution in [3.63, 3.8) is 0 Å². The zero-order valence-corrected chi connectivity index (χ0v) is 12.3. The van der Waals surface area contributed by atoms with Gasteiger partial charge in [0, 0.05) is 5.92 Å². The molecule has 2 unspecified atom stereocenters. The Morgan fingerprint density at radius 3 is 2.06 bits per heavy atom. The normalized spacial score (nSPS) is 14.0. The van der Waals surface area contributed by atoms with Crippen molar-refractivity contribution in [1.29, 1.82) is 0 Å². The van der Waals surface area contributed by atoms with Crippen molar-refractivity contribution in [3.8, 4) is 0 Å². The Balaban J connectivity index is 3.61. The van der Waals surface area contributed by atoms with Crippen LogP contribution in [0.15, 0.2) is 0 Å². The van der Waals surface area contributed by atoms with Crippen molar-refractivity contribution < 1.29 is 14.3 Å². The molecule has 0 aliphatic heterocycles. The third-order valence-corrected chi connectivity index (χ3v) is 3.51. The predicted octanol–water partition coefficient (Wildman–Crippen LogP) is 3.75. The quantitative estimate of drug-likeness (QED) is 0.441. The number of carbonyl (C=O) groups is 2. The van der Waals surface area contributed by atoms with E-state index in [1.807, 2.05) is 0 Å². The number of unbranched alkanes of at least 4 members (excludes halogenated alkanes) is 5. The molecule has 2 atom stereocenters. The summed E-state index contributed by atoms with van der Waals surface area (Å²) in [5, 5.41) is 0. The van der Waals surface area contributed by atoms with Gasteiger partial charge in [0.1, 0.15) is 5.78 Å². The molecule has 0 N–H and O–H groups in total. The average molecular weight is 256 g/mol. The van der Waals surface area contributed by atoms with Gasteiger partial charge in [0.15, 0.2) is 0 Å². The summed E-state index contributed by atoms with van der Waals surface area (Å²) in [6.07, 6.45) is 7.05. The SMILES string of the molecule is CCCCCCCCOC(=O)C(C)C(C)C(C)=O. The van der Waals surface area contributed by atoms with E-state index in [4.69, 9.17) is 4.74 Å². The second kappa shape index (κ2) is 10.1. The van der Waals surface area contributed by atoms with Gasteiger partial charge in [-0.05, 0) is 13.3 Å². The van der Waals surface area contributed by atoms with Crippen LogP contribution >= 0.6 is 0 Å². The molecule has 0 spiro atoms. The van der Waals surface area contributed by atoms with E-state index in [1.165, 1.54) is 32.6 Å². The molecule has 0 aromatic heterocycles. The Morgan fingerprint density at radius 2 is 1.50 bits per heavy atom. The lowest BCUT2D eigenvalue weighted by Crippen LogP contribution is -2.26. The van der Waals surface area contributed by atoms with Crippen LogP contribution in [0.3, 0.4) is 0 Å². The summed E-state index contributed by atoms with van der Waals surface area (Å²) in [4.78, 5) is 22.8. The Morgan fingerprint density at radius 1 is 0.944 bits per heavy atom. The molecule has 0 saturated carbocycles. The van der Waals surface area contributed by atoms with Crippen molar-refractivity contribution in [1.82, 2.24) is 0 Å². The fraction of sp³-hybridized carbons (Fsp3) is 0.867. The fourth-order valence-electron chi connectivity index (χ4n) is 1.74. The molecule has 0 aromatic carbocycles. The average Bonchev–Trinajstić information content (AvgIpc) is 2.35. The van der Waals surface area contributed by atoms with Gasteiger partial charge >= 0.3 is 5.97 Å². The number of ketones is 1. The van der Waals surface area contributed by atoms with E-state index >= 15 is 0 Å². The molecule has 0 aliphatic rings. The van der Waals surface area contributed by atoms with Crippen LogP contribution in [0.4, 0.5) is 0 Å². The molecule has 0 heterocycles. The van der Waals surface area contributed by atoms with Gasteiger partial charge in [0.05, 0.1) is 12.5 Å². The standard InChI is InChI=1S/C15H28O3/c1-5-6-7-8-9-10-11-18-15(17)13(3)12(2)14(4)16/h12-13H,5-11H2,1-4H3. The molecule has 0 fully saturated rings. The Bertz CT molecular complexity index is 248. The Hall–Kier alpha value is -0.860. The molecule has 3 heteroatoms. The first-order chi connectivity index (χ1) is 8.50. The number of hydrogen-bond acceptors (Lipinski definition) is 3. The van der Waals surface area contributed by atoms with E-state index in [1.54, 1.807) is 13.8 Å². The van der Waals surface area contributed by atoms with E-state index in [9.17, 15) is 9.59 Å². The van der Waals surface area contributed by atoms with Crippen molar-refractivity contribution in [2.45, 2.75) is 66.2 Å². The Kier molecular flexibility index (Phi) is 9.62. The second-order valence-corrected chi connectivity index (χ2v) is 5.12. The van der Waals surface area contributed by atoms with Gasteiger partial charge in [-0.1, -0.05) is 52.9 Å². The first kappa shape index (κ1) is 17.1. The lowest BCUT2D eigenvalue weighted by Gasteiger charge is -2.15. The lowest BCUT2D eigenvalue weighted by molar-refractivity contribution is -0.151. The van der Waals surface area contributed by atoms with Crippen LogP contribution in [0.1, 0.15) is 66.2 Å².